The number of hydrogen-bond donors (Lipinski definition) is 0. The Morgan fingerprint density at radius 1 is 1.14 bits per heavy atom. The maximum atomic E-state index is 12.6. The SMILES string of the molecule is CCN(Cc1nc(-c2cccs2)no1)C(=O)COc1cccc2ccccc12. The first-order valence-corrected chi connectivity index (χ1v) is 9.87. The quantitative estimate of drug-likeness (QED) is 0.466. The third-order valence-corrected chi connectivity index (χ3v) is 5.24. The van der Waals surface area contributed by atoms with Gasteiger partial charge in [0, 0.05) is 11.9 Å². The summed E-state index contributed by atoms with van der Waals surface area (Å²) < 4.78 is 11.1. The van der Waals surface area contributed by atoms with Crippen molar-refractivity contribution in [3.8, 4) is 16.5 Å². The summed E-state index contributed by atoms with van der Waals surface area (Å²) in [7, 11) is 0. The number of ether oxygens (including phenoxy) is 1. The smallest absolute Gasteiger partial charge is 0.260 e. The first-order valence-electron chi connectivity index (χ1n) is 8.99. The normalized spacial score (nSPS) is 10.9. The van der Waals surface area contributed by atoms with Crippen molar-refractivity contribution in [2.24, 2.45) is 0 Å². The molecule has 1 amide bonds. The molecule has 0 aliphatic rings. The van der Waals surface area contributed by atoms with Crippen LogP contribution in [0.15, 0.2) is 64.5 Å². The summed E-state index contributed by atoms with van der Waals surface area (Å²) in [6.45, 7) is 2.64. The van der Waals surface area contributed by atoms with Crippen molar-refractivity contribution in [2.45, 2.75) is 13.5 Å². The number of rotatable bonds is 7. The monoisotopic (exact) mass is 393 g/mol. The lowest BCUT2D eigenvalue weighted by molar-refractivity contribution is -0.134. The minimum absolute atomic E-state index is 0.0479. The Bertz CT molecular complexity index is 1070. The lowest BCUT2D eigenvalue weighted by Gasteiger charge is -2.19. The van der Waals surface area contributed by atoms with Crippen molar-refractivity contribution in [2.75, 3.05) is 13.2 Å². The Labute approximate surface area is 166 Å². The Hall–Kier alpha value is -3.19. The summed E-state index contributed by atoms with van der Waals surface area (Å²) in [6, 6.07) is 17.6. The molecule has 0 unspecified atom stereocenters. The van der Waals surface area contributed by atoms with E-state index in [-0.39, 0.29) is 19.1 Å². The van der Waals surface area contributed by atoms with Gasteiger partial charge in [-0.15, -0.1) is 11.3 Å². The summed E-state index contributed by atoms with van der Waals surface area (Å²) in [5, 5.41) is 8.00. The van der Waals surface area contributed by atoms with Gasteiger partial charge < -0.3 is 14.2 Å². The second kappa shape index (κ2) is 8.22. The highest BCUT2D eigenvalue weighted by atomic mass is 32.1. The van der Waals surface area contributed by atoms with Crippen molar-refractivity contribution < 1.29 is 14.1 Å². The van der Waals surface area contributed by atoms with Crippen LogP contribution in [0.2, 0.25) is 0 Å². The van der Waals surface area contributed by atoms with Gasteiger partial charge in [-0.3, -0.25) is 4.79 Å². The van der Waals surface area contributed by atoms with E-state index in [0.29, 0.717) is 24.0 Å². The molecule has 0 spiro atoms. The fraction of sp³-hybridized carbons (Fsp3) is 0.190. The summed E-state index contributed by atoms with van der Waals surface area (Å²) in [5.74, 6) is 1.51. The zero-order chi connectivity index (χ0) is 19.3. The lowest BCUT2D eigenvalue weighted by atomic mass is 10.1. The molecule has 2 aromatic heterocycles. The van der Waals surface area contributed by atoms with E-state index in [2.05, 4.69) is 10.1 Å². The van der Waals surface area contributed by atoms with Crippen LogP contribution < -0.4 is 4.74 Å². The summed E-state index contributed by atoms with van der Waals surface area (Å²) in [4.78, 5) is 19.6. The number of carbonyl (C=O) groups is 1. The van der Waals surface area contributed by atoms with Gasteiger partial charge in [-0.2, -0.15) is 4.98 Å². The van der Waals surface area contributed by atoms with Gasteiger partial charge in [-0.1, -0.05) is 47.6 Å². The van der Waals surface area contributed by atoms with Crippen molar-refractivity contribution in [3.05, 3.63) is 65.9 Å². The number of fused-ring (bicyclic) bond motifs is 1. The number of amides is 1. The van der Waals surface area contributed by atoms with E-state index in [1.54, 1.807) is 16.2 Å². The second-order valence-electron chi connectivity index (χ2n) is 6.16. The van der Waals surface area contributed by atoms with Gasteiger partial charge in [-0.25, -0.2) is 0 Å². The van der Waals surface area contributed by atoms with Crippen LogP contribution in [0.3, 0.4) is 0 Å². The molecular formula is C21H19N3O3S. The Morgan fingerprint density at radius 2 is 2.00 bits per heavy atom. The number of likely N-dealkylation sites (N-methyl/N-ethyl adjacent to an activating group) is 1. The maximum Gasteiger partial charge on any atom is 0.260 e. The molecule has 0 atom stereocenters. The van der Waals surface area contributed by atoms with E-state index < -0.39 is 0 Å². The first kappa shape index (κ1) is 18.2. The average Bonchev–Trinajstić information content (AvgIpc) is 3.42. The molecule has 0 fully saturated rings. The topological polar surface area (TPSA) is 68.5 Å². The Morgan fingerprint density at radius 3 is 2.82 bits per heavy atom. The second-order valence-corrected chi connectivity index (χ2v) is 7.11. The fourth-order valence-electron chi connectivity index (χ4n) is 2.92. The first-order chi connectivity index (χ1) is 13.7. The van der Waals surface area contributed by atoms with Crippen LogP contribution in [-0.4, -0.2) is 34.1 Å². The molecule has 142 valence electrons. The number of benzene rings is 2. The number of hydrogen-bond acceptors (Lipinski definition) is 6. The minimum atomic E-state index is -0.133. The zero-order valence-corrected chi connectivity index (χ0v) is 16.2. The van der Waals surface area contributed by atoms with Crippen LogP contribution >= 0.6 is 11.3 Å². The average molecular weight is 393 g/mol. The highest BCUT2D eigenvalue weighted by Gasteiger charge is 2.18. The summed E-state index contributed by atoms with van der Waals surface area (Å²) >= 11 is 1.54. The fourth-order valence-corrected chi connectivity index (χ4v) is 3.57. The molecule has 0 saturated carbocycles. The van der Waals surface area contributed by atoms with Gasteiger partial charge in [-0.05, 0) is 29.8 Å². The molecule has 4 rings (SSSR count). The molecule has 2 aromatic carbocycles. The third kappa shape index (κ3) is 3.89. The van der Waals surface area contributed by atoms with Crippen LogP contribution in [0.5, 0.6) is 5.75 Å². The molecule has 0 N–H and O–H groups in total. The Balaban J connectivity index is 1.41. The molecule has 0 aliphatic carbocycles. The predicted molar refractivity (Wildman–Crippen MR) is 108 cm³/mol. The molecule has 28 heavy (non-hydrogen) atoms. The van der Waals surface area contributed by atoms with E-state index >= 15 is 0 Å². The highest BCUT2D eigenvalue weighted by Crippen LogP contribution is 2.25. The maximum absolute atomic E-state index is 12.6. The largest absolute Gasteiger partial charge is 0.483 e. The molecule has 6 nitrogen and oxygen atoms in total. The van der Waals surface area contributed by atoms with E-state index in [1.807, 2.05) is 66.9 Å². The molecule has 0 saturated heterocycles. The number of thiophene rings is 1. The van der Waals surface area contributed by atoms with E-state index in [1.165, 1.54) is 0 Å². The molecular weight excluding hydrogens is 374 g/mol. The standard InChI is InChI=1S/C21H19N3O3S/c1-2-24(13-19-22-21(23-27-19)18-11-6-12-28-18)20(25)14-26-17-10-5-8-15-7-3-4-9-16(15)17/h3-12H,2,13-14H2,1H3. The minimum Gasteiger partial charge on any atom is -0.483 e. The van der Waals surface area contributed by atoms with Gasteiger partial charge in [0.25, 0.3) is 5.91 Å². The summed E-state index contributed by atoms with van der Waals surface area (Å²) in [6.07, 6.45) is 0. The number of nitrogens with zero attached hydrogens (tertiary/aromatic N) is 3. The molecule has 0 radical (unpaired) electrons. The van der Waals surface area contributed by atoms with Crippen molar-refractivity contribution in [1.29, 1.82) is 0 Å². The summed E-state index contributed by atoms with van der Waals surface area (Å²) in [5.41, 5.74) is 0. The van der Waals surface area contributed by atoms with Gasteiger partial charge in [0.15, 0.2) is 6.61 Å². The Kier molecular flexibility index (Phi) is 5.34. The van der Waals surface area contributed by atoms with Gasteiger partial charge in [0.1, 0.15) is 12.3 Å². The molecule has 0 bridgehead atoms. The van der Waals surface area contributed by atoms with Crippen LogP contribution in [-0.2, 0) is 11.3 Å². The van der Waals surface area contributed by atoms with Crippen LogP contribution in [0.4, 0.5) is 0 Å². The molecule has 4 aromatic rings. The van der Waals surface area contributed by atoms with Crippen LogP contribution in [0, 0.1) is 0 Å². The zero-order valence-electron chi connectivity index (χ0n) is 15.4. The van der Waals surface area contributed by atoms with Crippen molar-refractivity contribution in [1.82, 2.24) is 15.0 Å². The molecule has 0 aliphatic heterocycles. The molecule has 7 heteroatoms. The lowest BCUT2D eigenvalue weighted by Crippen LogP contribution is -2.34. The highest BCUT2D eigenvalue weighted by molar-refractivity contribution is 7.13. The van der Waals surface area contributed by atoms with Gasteiger partial charge >= 0.3 is 0 Å². The number of carbonyl (C=O) groups excluding carboxylic acids is 1. The number of aromatic nitrogens is 2. The van der Waals surface area contributed by atoms with Crippen LogP contribution in [0.25, 0.3) is 21.5 Å². The predicted octanol–water partition coefficient (Wildman–Crippen LogP) is 4.38. The van der Waals surface area contributed by atoms with Gasteiger partial charge in [0.05, 0.1) is 4.88 Å². The van der Waals surface area contributed by atoms with E-state index in [0.717, 1.165) is 15.6 Å². The molecule has 2 heterocycles. The van der Waals surface area contributed by atoms with Crippen molar-refractivity contribution in [3.63, 3.8) is 0 Å². The van der Waals surface area contributed by atoms with Crippen LogP contribution in [0.1, 0.15) is 12.8 Å². The van der Waals surface area contributed by atoms with Crippen molar-refractivity contribution >= 4 is 28.0 Å². The third-order valence-electron chi connectivity index (χ3n) is 4.37. The van der Waals surface area contributed by atoms with Gasteiger partial charge in [0.2, 0.25) is 11.7 Å². The van der Waals surface area contributed by atoms with E-state index in [4.69, 9.17) is 9.26 Å². The van der Waals surface area contributed by atoms with E-state index in [9.17, 15) is 4.79 Å².